The number of aryl methyl sites for hydroxylation is 1. The van der Waals surface area contributed by atoms with Gasteiger partial charge < -0.3 is 10.2 Å². The summed E-state index contributed by atoms with van der Waals surface area (Å²) < 4.78 is 28.9. The molecular weight excluding hydrogens is 593 g/mol. The van der Waals surface area contributed by atoms with E-state index in [4.69, 9.17) is 23.2 Å². The lowest BCUT2D eigenvalue weighted by atomic mass is 10.0. The van der Waals surface area contributed by atoms with Crippen molar-refractivity contribution in [2.24, 2.45) is 0 Å². The maximum Gasteiger partial charge on any atom is 0.264 e. The topological polar surface area (TPSA) is 86.8 Å². The number of likely N-dealkylation sites (N-methyl/N-ethyl adjacent to an activating group) is 1. The lowest BCUT2D eigenvalue weighted by Crippen LogP contribution is -2.53. The van der Waals surface area contributed by atoms with Crippen molar-refractivity contribution < 1.29 is 18.0 Å². The minimum absolute atomic E-state index is 0.0103. The van der Waals surface area contributed by atoms with Crippen LogP contribution in [0.1, 0.15) is 16.7 Å². The molecular formula is C32H31Cl2N3O4S. The fourth-order valence-electron chi connectivity index (χ4n) is 4.65. The van der Waals surface area contributed by atoms with Gasteiger partial charge in [-0.3, -0.25) is 13.9 Å². The first-order valence-electron chi connectivity index (χ1n) is 13.2. The molecule has 7 nitrogen and oxygen atoms in total. The lowest BCUT2D eigenvalue weighted by molar-refractivity contribution is -0.139. The Morgan fingerprint density at radius 2 is 1.45 bits per heavy atom. The first kappa shape index (κ1) is 31.1. The summed E-state index contributed by atoms with van der Waals surface area (Å²) in [6.07, 6.45) is 0.224. The Morgan fingerprint density at radius 1 is 0.833 bits per heavy atom. The molecule has 0 aliphatic carbocycles. The van der Waals surface area contributed by atoms with E-state index < -0.39 is 28.5 Å². The highest BCUT2D eigenvalue weighted by atomic mass is 35.5. The standard InChI is InChI=1S/C32H31Cl2N3O4S/c1-23-11-9-14-25(19-23)21-36(29(32(39)35-2)20-24-12-5-3-6-13-24)30(38)22-37(28-18-10-17-27(33)31(28)34)42(40,41)26-15-7-4-8-16-26/h3-19,29H,20-22H2,1-2H3,(H,35,39). The second-order valence-corrected chi connectivity index (χ2v) is 12.4. The highest BCUT2D eigenvalue weighted by Gasteiger charge is 2.35. The Morgan fingerprint density at radius 3 is 2.10 bits per heavy atom. The van der Waals surface area contributed by atoms with Crippen molar-refractivity contribution in [1.82, 2.24) is 10.2 Å². The summed E-state index contributed by atoms with van der Waals surface area (Å²) in [7, 11) is -2.76. The molecule has 0 aliphatic rings. The molecule has 1 unspecified atom stereocenters. The van der Waals surface area contributed by atoms with E-state index in [0.717, 1.165) is 21.0 Å². The van der Waals surface area contributed by atoms with Gasteiger partial charge in [0.1, 0.15) is 12.6 Å². The molecule has 2 amide bonds. The number of hydrogen-bond acceptors (Lipinski definition) is 4. The van der Waals surface area contributed by atoms with E-state index in [1.54, 1.807) is 24.3 Å². The largest absolute Gasteiger partial charge is 0.357 e. The van der Waals surface area contributed by atoms with E-state index in [1.807, 2.05) is 61.5 Å². The van der Waals surface area contributed by atoms with Crippen LogP contribution in [-0.4, -0.2) is 44.8 Å². The number of anilines is 1. The number of rotatable bonds is 11. The van der Waals surface area contributed by atoms with Crippen molar-refractivity contribution in [2.45, 2.75) is 30.8 Å². The van der Waals surface area contributed by atoms with Crippen molar-refractivity contribution >= 4 is 50.7 Å². The quantitative estimate of drug-likeness (QED) is 0.226. The average Bonchev–Trinajstić information content (AvgIpc) is 2.99. The maximum atomic E-state index is 14.3. The first-order valence-corrected chi connectivity index (χ1v) is 15.4. The van der Waals surface area contributed by atoms with Crippen molar-refractivity contribution in [3.63, 3.8) is 0 Å². The summed E-state index contributed by atoms with van der Waals surface area (Å²) in [6, 6.07) is 28.4. The summed E-state index contributed by atoms with van der Waals surface area (Å²) in [4.78, 5) is 29.0. The number of nitrogens with one attached hydrogen (secondary N) is 1. The Labute approximate surface area is 256 Å². The minimum Gasteiger partial charge on any atom is -0.357 e. The average molecular weight is 625 g/mol. The van der Waals surface area contributed by atoms with Crippen LogP contribution in [0, 0.1) is 6.92 Å². The van der Waals surface area contributed by atoms with E-state index in [2.05, 4.69) is 5.32 Å². The zero-order valence-electron chi connectivity index (χ0n) is 23.2. The zero-order chi connectivity index (χ0) is 30.3. The van der Waals surface area contributed by atoms with Crippen LogP contribution < -0.4 is 9.62 Å². The normalized spacial score (nSPS) is 11.9. The van der Waals surface area contributed by atoms with Crippen molar-refractivity contribution in [2.75, 3.05) is 17.9 Å². The smallest absolute Gasteiger partial charge is 0.264 e. The third-order valence-corrected chi connectivity index (χ3v) is 9.35. The summed E-state index contributed by atoms with van der Waals surface area (Å²) in [5.74, 6) is -0.963. The molecule has 1 N–H and O–H groups in total. The van der Waals surface area contributed by atoms with Gasteiger partial charge in [-0.05, 0) is 42.3 Å². The van der Waals surface area contributed by atoms with Gasteiger partial charge in [0, 0.05) is 20.0 Å². The molecule has 4 rings (SSSR count). The number of halogens is 2. The van der Waals surface area contributed by atoms with E-state index in [1.165, 1.54) is 36.2 Å². The van der Waals surface area contributed by atoms with Gasteiger partial charge in [-0.1, -0.05) is 108 Å². The summed E-state index contributed by atoms with van der Waals surface area (Å²) in [5.41, 5.74) is 2.68. The molecule has 0 saturated carbocycles. The predicted molar refractivity (Wildman–Crippen MR) is 167 cm³/mol. The van der Waals surface area contributed by atoms with Gasteiger partial charge >= 0.3 is 0 Å². The van der Waals surface area contributed by atoms with E-state index in [0.29, 0.717) is 0 Å². The lowest BCUT2D eigenvalue weighted by Gasteiger charge is -2.34. The maximum absolute atomic E-state index is 14.3. The third-order valence-electron chi connectivity index (χ3n) is 6.76. The second kappa shape index (κ2) is 13.9. The van der Waals surface area contributed by atoms with Crippen LogP contribution in [0.5, 0.6) is 0 Å². The molecule has 0 spiro atoms. The van der Waals surface area contributed by atoms with Crippen LogP contribution in [0.4, 0.5) is 5.69 Å². The number of carbonyl (C=O) groups excluding carboxylic acids is 2. The number of amides is 2. The molecule has 4 aromatic carbocycles. The molecule has 10 heteroatoms. The molecule has 0 saturated heterocycles. The second-order valence-electron chi connectivity index (χ2n) is 9.73. The highest BCUT2D eigenvalue weighted by Crippen LogP contribution is 2.35. The molecule has 0 fully saturated rings. The van der Waals surface area contributed by atoms with Crippen molar-refractivity contribution in [1.29, 1.82) is 0 Å². The van der Waals surface area contributed by atoms with Crippen LogP contribution in [0.3, 0.4) is 0 Å². The van der Waals surface area contributed by atoms with E-state index in [9.17, 15) is 18.0 Å². The molecule has 42 heavy (non-hydrogen) atoms. The van der Waals surface area contributed by atoms with Gasteiger partial charge in [-0.2, -0.15) is 0 Å². The fourth-order valence-corrected chi connectivity index (χ4v) is 6.54. The molecule has 0 radical (unpaired) electrons. The summed E-state index contributed by atoms with van der Waals surface area (Å²) in [5, 5.41) is 2.80. The van der Waals surface area contributed by atoms with E-state index >= 15 is 0 Å². The molecule has 0 aromatic heterocycles. The minimum atomic E-state index is -4.27. The van der Waals surface area contributed by atoms with Gasteiger partial charge in [0.05, 0.1) is 20.6 Å². The van der Waals surface area contributed by atoms with Gasteiger partial charge in [-0.15, -0.1) is 0 Å². The van der Waals surface area contributed by atoms with Crippen molar-refractivity contribution in [3.05, 3.63) is 130 Å². The summed E-state index contributed by atoms with van der Waals surface area (Å²) >= 11 is 12.8. The van der Waals surface area contributed by atoms with Gasteiger partial charge in [-0.25, -0.2) is 8.42 Å². The molecule has 0 bridgehead atoms. The van der Waals surface area contributed by atoms with Gasteiger partial charge in [0.25, 0.3) is 10.0 Å². The Kier molecular flexibility index (Phi) is 10.3. The Hall–Kier alpha value is -3.85. The number of sulfonamides is 1. The molecule has 1 atom stereocenters. The number of nitrogens with zero attached hydrogens (tertiary/aromatic N) is 2. The number of hydrogen-bond donors (Lipinski definition) is 1. The number of carbonyl (C=O) groups is 2. The van der Waals surface area contributed by atoms with Crippen LogP contribution in [-0.2, 0) is 32.6 Å². The third kappa shape index (κ3) is 7.31. The van der Waals surface area contributed by atoms with Crippen LogP contribution in [0.2, 0.25) is 10.0 Å². The highest BCUT2D eigenvalue weighted by molar-refractivity contribution is 7.92. The van der Waals surface area contributed by atoms with Gasteiger partial charge in [0.15, 0.2) is 0 Å². The molecule has 218 valence electrons. The zero-order valence-corrected chi connectivity index (χ0v) is 25.5. The monoisotopic (exact) mass is 623 g/mol. The van der Waals surface area contributed by atoms with Crippen LogP contribution in [0.15, 0.2) is 108 Å². The molecule has 4 aromatic rings. The van der Waals surface area contributed by atoms with E-state index in [-0.39, 0.29) is 39.5 Å². The van der Waals surface area contributed by atoms with Crippen molar-refractivity contribution in [3.8, 4) is 0 Å². The predicted octanol–water partition coefficient (Wildman–Crippen LogP) is 5.88. The Balaban J connectivity index is 1.81. The van der Waals surface area contributed by atoms with Crippen LogP contribution in [0.25, 0.3) is 0 Å². The van der Waals surface area contributed by atoms with Gasteiger partial charge in [0.2, 0.25) is 11.8 Å². The Bertz CT molecular complexity index is 1650. The fraction of sp³-hybridized carbons (Fsp3) is 0.188. The molecule has 0 aliphatic heterocycles. The summed E-state index contributed by atoms with van der Waals surface area (Å²) in [6.45, 7) is 1.39. The van der Waals surface area contributed by atoms with Crippen LogP contribution >= 0.6 is 23.2 Å². The number of benzene rings is 4. The molecule has 0 heterocycles. The SMILES string of the molecule is CNC(=O)C(Cc1ccccc1)N(Cc1cccc(C)c1)C(=O)CN(c1cccc(Cl)c1Cl)S(=O)(=O)c1ccccc1. The first-order chi connectivity index (χ1) is 20.1.